The summed E-state index contributed by atoms with van der Waals surface area (Å²) in [7, 11) is 0. The molecule has 3 rings (SSSR count). The van der Waals surface area contributed by atoms with Crippen LogP contribution in [-0.2, 0) is 22.6 Å². The molecule has 3 N–H and O–H groups in total. The Bertz CT molecular complexity index is 1040. The standard InChI is InChI=1S/C26H33F2IN4O3/c1-17(2)33-7-6-32(16-26(33)36)15-25(35)31-23(11-19-8-20(27)12-21(28)9-19)24(34)14-30-13-18-4-3-5-22(29)10-18/h3-5,8-10,12,17,23-24,30,34H,6-7,11,13-16H2,1-2H3,(H,31,35). The summed E-state index contributed by atoms with van der Waals surface area (Å²) in [6.07, 6.45) is -0.963. The molecule has 0 aliphatic carbocycles. The predicted octanol–water partition coefficient (Wildman–Crippen LogP) is 2.30. The second kappa shape index (κ2) is 13.4. The van der Waals surface area contributed by atoms with Gasteiger partial charge in [0.25, 0.3) is 0 Å². The molecule has 0 spiro atoms. The normalized spacial score (nSPS) is 16.3. The quantitative estimate of drug-likeness (QED) is 0.339. The van der Waals surface area contributed by atoms with Gasteiger partial charge in [-0.1, -0.05) is 12.1 Å². The lowest BCUT2D eigenvalue weighted by Crippen LogP contribution is -2.56. The summed E-state index contributed by atoms with van der Waals surface area (Å²) >= 11 is 2.23. The summed E-state index contributed by atoms with van der Waals surface area (Å²) in [6.45, 7) is 5.84. The Morgan fingerprint density at radius 3 is 2.47 bits per heavy atom. The van der Waals surface area contributed by atoms with E-state index in [4.69, 9.17) is 0 Å². The molecule has 2 atom stereocenters. The molecule has 1 fully saturated rings. The maximum absolute atomic E-state index is 13.8. The van der Waals surface area contributed by atoms with Gasteiger partial charge in [-0.15, -0.1) is 0 Å². The van der Waals surface area contributed by atoms with Gasteiger partial charge in [-0.05, 0) is 78.3 Å². The summed E-state index contributed by atoms with van der Waals surface area (Å²) in [4.78, 5) is 28.7. The first-order valence-corrected chi connectivity index (χ1v) is 13.1. The van der Waals surface area contributed by atoms with Crippen molar-refractivity contribution < 1.29 is 23.5 Å². The average molecular weight is 614 g/mol. The number of nitrogens with zero attached hydrogens (tertiary/aromatic N) is 2. The SMILES string of the molecule is CC(C)N1CCN(CC(=O)NC(Cc2cc(F)cc(F)c2)C(O)CNCc2cccc(I)c2)CC1=O. The van der Waals surface area contributed by atoms with Crippen LogP contribution in [0.3, 0.4) is 0 Å². The van der Waals surface area contributed by atoms with E-state index in [0.717, 1.165) is 15.2 Å². The number of benzene rings is 2. The number of aliphatic hydroxyl groups excluding tert-OH is 1. The number of amides is 2. The van der Waals surface area contributed by atoms with Gasteiger partial charge in [-0.3, -0.25) is 14.5 Å². The molecule has 0 aromatic heterocycles. The van der Waals surface area contributed by atoms with Crippen molar-refractivity contribution in [2.45, 2.75) is 45.0 Å². The monoisotopic (exact) mass is 614 g/mol. The zero-order valence-corrected chi connectivity index (χ0v) is 22.7. The number of aliphatic hydroxyl groups is 1. The van der Waals surface area contributed by atoms with E-state index < -0.39 is 23.8 Å². The number of hydrogen-bond acceptors (Lipinski definition) is 5. The largest absolute Gasteiger partial charge is 0.390 e. The van der Waals surface area contributed by atoms with E-state index in [2.05, 4.69) is 33.2 Å². The van der Waals surface area contributed by atoms with E-state index in [1.54, 1.807) is 9.80 Å². The van der Waals surface area contributed by atoms with Crippen molar-refractivity contribution in [3.8, 4) is 0 Å². The molecule has 1 aliphatic rings. The molecule has 2 amide bonds. The van der Waals surface area contributed by atoms with Crippen LogP contribution in [0.2, 0.25) is 0 Å². The van der Waals surface area contributed by atoms with Crippen molar-refractivity contribution in [2.75, 3.05) is 32.7 Å². The molecule has 0 bridgehead atoms. The molecule has 2 unspecified atom stereocenters. The highest BCUT2D eigenvalue weighted by molar-refractivity contribution is 14.1. The highest BCUT2D eigenvalue weighted by atomic mass is 127. The van der Waals surface area contributed by atoms with Crippen LogP contribution in [0, 0.1) is 15.2 Å². The molecule has 0 radical (unpaired) electrons. The van der Waals surface area contributed by atoms with Crippen molar-refractivity contribution in [3.63, 3.8) is 0 Å². The van der Waals surface area contributed by atoms with E-state index in [-0.39, 0.29) is 43.9 Å². The van der Waals surface area contributed by atoms with Crippen LogP contribution < -0.4 is 10.6 Å². The second-order valence-corrected chi connectivity index (χ2v) is 10.6. The van der Waals surface area contributed by atoms with Crippen LogP contribution in [0.25, 0.3) is 0 Å². The lowest BCUT2D eigenvalue weighted by atomic mass is 10.0. The van der Waals surface area contributed by atoms with Crippen molar-refractivity contribution in [2.24, 2.45) is 0 Å². The van der Waals surface area contributed by atoms with Gasteiger partial charge in [0.1, 0.15) is 11.6 Å². The number of carbonyl (C=O) groups is 2. The van der Waals surface area contributed by atoms with Crippen LogP contribution in [0.5, 0.6) is 0 Å². The molecule has 1 aliphatic heterocycles. The van der Waals surface area contributed by atoms with Crippen LogP contribution >= 0.6 is 22.6 Å². The third kappa shape index (κ3) is 8.75. The number of hydrogen-bond donors (Lipinski definition) is 3. The zero-order valence-electron chi connectivity index (χ0n) is 20.5. The first-order valence-electron chi connectivity index (χ1n) is 12.0. The fourth-order valence-electron chi connectivity index (χ4n) is 4.29. The molecule has 2 aromatic rings. The maximum Gasteiger partial charge on any atom is 0.237 e. The van der Waals surface area contributed by atoms with Crippen LogP contribution in [-0.4, -0.2) is 77.6 Å². The topological polar surface area (TPSA) is 84.9 Å². The number of halogens is 3. The van der Waals surface area contributed by atoms with Gasteiger partial charge in [0, 0.05) is 41.9 Å². The Kier molecular flexibility index (Phi) is 10.6. The fraction of sp³-hybridized carbons (Fsp3) is 0.462. The fourth-order valence-corrected chi connectivity index (χ4v) is 4.90. The van der Waals surface area contributed by atoms with E-state index >= 15 is 0 Å². The van der Waals surface area contributed by atoms with E-state index in [1.165, 1.54) is 12.1 Å². The molecule has 0 saturated carbocycles. The van der Waals surface area contributed by atoms with Crippen LogP contribution in [0.15, 0.2) is 42.5 Å². The van der Waals surface area contributed by atoms with Gasteiger partial charge >= 0.3 is 0 Å². The van der Waals surface area contributed by atoms with Gasteiger partial charge in [-0.25, -0.2) is 8.78 Å². The van der Waals surface area contributed by atoms with Gasteiger partial charge in [0.05, 0.1) is 25.2 Å². The van der Waals surface area contributed by atoms with Gasteiger partial charge in [0.15, 0.2) is 0 Å². The Hall–Kier alpha value is -2.15. The highest BCUT2D eigenvalue weighted by Crippen LogP contribution is 2.13. The Morgan fingerprint density at radius 2 is 1.83 bits per heavy atom. The zero-order chi connectivity index (χ0) is 26.2. The third-order valence-electron chi connectivity index (χ3n) is 6.09. The number of rotatable bonds is 11. The Morgan fingerprint density at radius 1 is 1.11 bits per heavy atom. The van der Waals surface area contributed by atoms with Crippen molar-refractivity contribution >= 4 is 34.4 Å². The minimum Gasteiger partial charge on any atom is -0.390 e. The first kappa shape index (κ1) is 28.4. The molecule has 196 valence electrons. The van der Waals surface area contributed by atoms with Gasteiger partial charge < -0.3 is 20.6 Å². The molecular weight excluding hydrogens is 581 g/mol. The third-order valence-corrected chi connectivity index (χ3v) is 6.76. The molecule has 1 heterocycles. The van der Waals surface area contributed by atoms with Crippen molar-refractivity contribution in [1.29, 1.82) is 0 Å². The first-order chi connectivity index (χ1) is 17.1. The Balaban J connectivity index is 1.62. The summed E-state index contributed by atoms with van der Waals surface area (Å²) in [6, 6.07) is 10.4. The summed E-state index contributed by atoms with van der Waals surface area (Å²) < 4.78 is 28.6. The second-order valence-electron chi connectivity index (χ2n) is 9.38. The van der Waals surface area contributed by atoms with Crippen LogP contribution in [0.1, 0.15) is 25.0 Å². The lowest BCUT2D eigenvalue weighted by Gasteiger charge is -2.36. The number of nitrogens with one attached hydrogen (secondary N) is 2. The number of piperazine rings is 1. The molecule has 36 heavy (non-hydrogen) atoms. The molecule has 7 nitrogen and oxygen atoms in total. The predicted molar refractivity (Wildman–Crippen MR) is 142 cm³/mol. The minimum atomic E-state index is -1.01. The lowest BCUT2D eigenvalue weighted by molar-refractivity contribution is -0.139. The summed E-state index contributed by atoms with van der Waals surface area (Å²) in [5.74, 6) is -1.83. The molecule has 1 saturated heterocycles. The van der Waals surface area contributed by atoms with Crippen LogP contribution in [0.4, 0.5) is 8.78 Å². The molecular formula is C26H33F2IN4O3. The summed E-state index contributed by atoms with van der Waals surface area (Å²) in [5.41, 5.74) is 1.38. The van der Waals surface area contributed by atoms with Crippen molar-refractivity contribution in [3.05, 3.63) is 68.8 Å². The van der Waals surface area contributed by atoms with E-state index in [1.807, 2.05) is 38.1 Å². The number of carbonyl (C=O) groups excluding carboxylic acids is 2. The average Bonchev–Trinajstić information content (AvgIpc) is 2.77. The van der Waals surface area contributed by atoms with Gasteiger partial charge in [0.2, 0.25) is 11.8 Å². The van der Waals surface area contributed by atoms with E-state index in [0.29, 0.717) is 25.2 Å². The highest BCUT2D eigenvalue weighted by Gasteiger charge is 2.28. The molecule has 10 heteroatoms. The molecule has 2 aromatic carbocycles. The Labute approximate surface area is 224 Å². The smallest absolute Gasteiger partial charge is 0.237 e. The minimum absolute atomic E-state index is 0.00567. The van der Waals surface area contributed by atoms with E-state index in [9.17, 15) is 23.5 Å². The maximum atomic E-state index is 13.8. The van der Waals surface area contributed by atoms with Crippen molar-refractivity contribution in [1.82, 2.24) is 20.4 Å². The van der Waals surface area contributed by atoms with Gasteiger partial charge in [-0.2, -0.15) is 0 Å². The summed E-state index contributed by atoms with van der Waals surface area (Å²) in [5, 5.41) is 16.9.